The largest absolute Gasteiger partial charge is 0.323 e. The molecule has 1 saturated heterocycles. The van der Waals surface area contributed by atoms with E-state index in [9.17, 15) is 13.2 Å². The van der Waals surface area contributed by atoms with E-state index < -0.39 is 22.0 Å². The molecule has 8 nitrogen and oxygen atoms in total. The van der Waals surface area contributed by atoms with E-state index in [0.717, 1.165) is 6.42 Å². The molecule has 30 heavy (non-hydrogen) atoms. The van der Waals surface area contributed by atoms with Crippen LogP contribution in [0.1, 0.15) is 19.3 Å². The second-order valence-electron chi connectivity index (χ2n) is 6.93. The Labute approximate surface area is 179 Å². The van der Waals surface area contributed by atoms with Crippen LogP contribution in [0.3, 0.4) is 0 Å². The third kappa shape index (κ3) is 4.09. The number of anilines is 1. The van der Waals surface area contributed by atoms with Crippen molar-refractivity contribution in [2.45, 2.75) is 30.2 Å². The molecule has 0 unspecified atom stereocenters. The van der Waals surface area contributed by atoms with Gasteiger partial charge in [-0.3, -0.25) is 4.79 Å². The number of hydrogen-bond acceptors (Lipinski definition) is 5. The third-order valence-electron chi connectivity index (χ3n) is 4.99. The molecule has 1 atom stereocenters. The van der Waals surface area contributed by atoms with Crippen molar-refractivity contribution in [3.63, 3.8) is 0 Å². The number of nitrogens with one attached hydrogen (secondary N) is 1. The summed E-state index contributed by atoms with van der Waals surface area (Å²) < 4.78 is 29.1. The van der Waals surface area contributed by atoms with E-state index in [2.05, 4.69) is 15.4 Å². The average Bonchev–Trinajstić information content (AvgIpc) is 3.29. The van der Waals surface area contributed by atoms with Crippen LogP contribution >= 0.6 is 11.6 Å². The highest BCUT2D eigenvalue weighted by atomic mass is 35.5. The van der Waals surface area contributed by atoms with E-state index >= 15 is 0 Å². The van der Waals surface area contributed by atoms with Crippen LogP contribution < -0.4 is 5.32 Å². The highest BCUT2D eigenvalue weighted by molar-refractivity contribution is 7.89. The number of aromatic nitrogens is 3. The summed E-state index contributed by atoms with van der Waals surface area (Å²) in [5.74, 6) is -0.405. The van der Waals surface area contributed by atoms with E-state index in [1.807, 2.05) is 0 Å². The third-order valence-corrected chi connectivity index (χ3v) is 7.15. The van der Waals surface area contributed by atoms with Gasteiger partial charge in [0.2, 0.25) is 15.9 Å². The molecule has 1 aliphatic rings. The number of rotatable bonds is 5. The molecule has 1 fully saturated rings. The molecular weight excluding hydrogens is 426 g/mol. The summed E-state index contributed by atoms with van der Waals surface area (Å²) in [6.45, 7) is 0.292. The van der Waals surface area contributed by atoms with Gasteiger partial charge in [-0.2, -0.15) is 9.40 Å². The summed E-state index contributed by atoms with van der Waals surface area (Å²) in [7, 11) is -3.79. The average molecular weight is 446 g/mol. The molecule has 0 aliphatic carbocycles. The monoisotopic (exact) mass is 445 g/mol. The van der Waals surface area contributed by atoms with Crippen molar-refractivity contribution in [3.8, 4) is 5.69 Å². The van der Waals surface area contributed by atoms with Crippen molar-refractivity contribution in [3.05, 3.63) is 66.2 Å². The first-order valence-electron chi connectivity index (χ1n) is 9.49. The fourth-order valence-electron chi connectivity index (χ4n) is 3.54. The molecule has 1 amide bonds. The van der Waals surface area contributed by atoms with Crippen LogP contribution in [0, 0.1) is 0 Å². The first kappa shape index (κ1) is 20.5. The van der Waals surface area contributed by atoms with Gasteiger partial charge in [-0.15, -0.1) is 0 Å². The Kier molecular flexibility index (Phi) is 5.85. The smallest absolute Gasteiger partial charge is 0.243 e. The van der Waals surface area contributed by atoms with E-state index in [1.54, 1.807) is 48.5 Å². The molecule has 2 heterocycles. The number of amides is 1. The van der Waals surface area contributed by atoms with Crippen LogP contribution in [0.25, 0.3) is 5.69 Å². The first-order chi connectivity index (χ1) is 14.5. The fourth-order valence-corrected chi connectivity index (χ4v) is 5.39. The molecule has 4 rings (SSSR count). The van der Waals surface area contributed by atoms with E-state index in [0.29, 0.717) is 35.8 Å². The number of nitrogens with zero attached hydrogens (tertiary/aromatic N) is 4. The van der Waals surface area contributed by atoms with Gasteiger partial charge in [-0.25, -0.2) is 18.1 Å². The van der Waals surface area contributed by atoms with Crippen molar-refractivity contribution in [1.29, 1.82) is 0 Å². The fraction of sp³-hybridized carbons (Fsp3) is 0.250. The Morgan fingerprint density at radius 1 is 1.13 bits per heavy atom. The normalized spacial score (nSPS) is 17.6. The first-order valence-corrected chi connectivity index (χ1v) is 11.3. The minimum Gasteiger partial charge on any atom is -0.323 e. The predicted molar refractivity (Wildman–Crippen MR) is 113 cm³/mol. The molecule has 2 aromatic carbocycles. The lowest BCUT2D eigenvalue weighted by molar-refractivity contribution is -0.120. The number of hydrogen-bond donors (Lipinski definition) is 1. The number of sulfonamides is 1. The topological polar surface area (TPSA) is 97.2 Å². The zero-order chi connectivity index (χ0) is 21.1. The van der Waals surface area contributed by atoms with Gasteiger partial charge in [0.1, 0.15) is 18.7 Å². The molecule has 0 spiro atoms. The lowest BCUT2D eigenvalue weighted by Gasteiger charge is -2.33. The Hall–Kier alpha value is -2.75. The standard InChI is InChI=1S/C20H20ClN5O3S/c21-15-9-10-18(25-14-22-13-23-25)17(12-15)24-20(27)19-8-4-5-11-26(19)30(28,29)16-6-2-1-3-7-16/h1-3,6-7,9-10,12-14,19H,4-5,8,11H2,(H,24,27)/t19-/m1/s1. The SMILES string of the molecule is O=C(Nc1cc(Cl)ccc1-n1cncn1)[C@H]1CCCCN1S(=O)(=O)c1ccccc1. The Bertz CT molecular complexity index is 1140. The second kappa shape index (κ2) is 8.55. The van der Waals surface area contributed by atoms with Gasteiger partial charge >= 0.3 is 0 Å². The van der Waals surface area contributed by atoms with E-state index in [-0.39, 0.29) is 4.90 Å². The molecule has 10 heteroatoms. The Balaban J connectivity index is 1.64. The zero-order valence-electron chi connectivity index (χ0n) is 16.0. The zero-order valence-corrected chi connectivity index (χ0v) is 17.6. The molecule has 0 saturated carbocycles. The molecule has 3 aromatic rings. The van der Waals surface area contributed by atoms with Gasteiger partial charge in [0.15, 0.2) is 0 Å². The van der Waals surface area contributed by atoms with Crippen LogP contribution in [-0.4, -0.2) is 46.0 Å². The van der Waals surface area contributed by atoms with Crippen LogP contribution in [-0.2, 0) is 14.8 Å². The van der Waals surface area contributed by atoms with Crippen LogP contribution in [0.2, 0.25) is 5.02 Å². The number of benzene rings is 2. The maximum absolute atomic E-state index is 13.2. The van der Waals surface area contributed by atoms with Gasteiger partial charge in [0, 0.05) is 11.6 Å². The lowest BCUT2D eigenvalue weighted by Crippen LogP contribution is -2.49. The van der Waals surface area contributed by atoms with Gasteiger partial charge in [-0.1, -0.05) is 36.2 Å². The maximum atomic E-state index is 13.2. The highest BCUT2D eigenvalue weighted by Crippen LogP contribution is 2.28. The van der Waals surface area contributed by atoms with Gasteiger partial charge < -0.3 is 5.32 Å². The molecular formula is C20H20ClN5O3S. The summed E-state index contributed by atoms with van der Waals surface area (Å²) in [4.78, 5) is 17.3. The quantitative estimate of drug-likeness (QED) is 0.650. The molecule has 1 aromatic heterocycles. The second-order valence-corrected chi connectivity index (χ2v) is 9.26. The van der Waals surface area contributed by atoms with Crippen molar-refractivity contribution in [2.24, 2.45) is 0 Å². The van der Waals surface area contributed by atoms with Gasteiger partial charge in [0.05, 0.1) is 16.3 Å². The Morgan fingerprint density at radius 3 is 2.67 bits per heavy atom. The molecule has 0 bridgehead atoms. The minimum atomic E-state index is -3.79. The number of carbonyl (C=O) groups excluding carboxylic acids is 1. The predicted octanol–water partition coefficient (Wildman–Crippen LogP) is 3.10. The number of halogens is 1. The summed E-state index contributed by atoms with van der Waals surface area (Å²) >= 11 is 6.13. The van der Waals surface area contributed by atoms with Crippen molar-refractivity contribution in [1.82, 2.24) is 19.1 Å². The lowest BCUT2D eigenvalue weighted by atomic mass is 10.0. The van der Waals surface area contributed by atoms with Crippen molar-refractivity contribution >= 4 is 33.2 Å². The molecule has 1 aliphatic heterocycles. The number of piperidine rings is 1. The minimum absolute atomic E-state index is 0.177. The van der Waals surface area contributed by atoms with Crippen LogP contribution in [0.5, 0.6) is 0 Å². The summed E-state index contributed by atoms with van der Waals surface area (Å²) in [5, 5.41) is 7.38. The van der Waals surface area contributed by atoms with Crippen LogP contribution in [0.15, 0.2) is 66.1 Å². The molecule has 0 radical (unpaired) electrons. The maximum Gasteiger partial charge on any atom is 0.243 e. The summed E-state index contributed by atoms with van der Waals surface area (Å²) in [6, 6.07) is 12.4. The van der Waals surface area contributed by atoms with Gasteiger partial charge in [-0.05, 0) is 43.2 Å². The Morgan fingerprint density at radius 2 is 1.93 bits per heavy atom. The summed E-state index contributed by atoms with van der Waals surface area (Å²) in [5.41, 5.74) is 1.01. The summed E-state index contributed by atoms with van der Waals surface area (Å²) in [6.07, 6.45) is 4.81. The molecule has 1 N–H and O–H groups in total. The van der Waals surface area contributed by atoms with E-state index in [4.69, 9.17) is 11.6 Å². The highest BCUT2D eigenvalue weighted by Gasteiger charge is 2.37. The van der Waals surface area contributed by atoms with Crippen molar-refractivity contribution in [2.75, 3.05) is 11.9 Å². The van der Waals surface area contributed by atoms with Gasteiger partial charge in [0.25, 0.3) is 0 Å². The number of carbonyl (C=O) groups is 1. The van der Waals surface area contributed by atoms with Crippen LogP contribution in [0.4, 0.5) is 5.69 Å². The van der Waals surface area contributed by atoms with Crippen molar-refractivity contribution < 1.29 is 13.2 Å². The molecule has 156 valence electrons. The van der Waals surface area contributed by atoms with E-state index in [1.165, 1.54) is 21.6 Å².